The van der Waals surface area contributed by atoms with Gasteiger partial charge in [-0.2, -0.15) is 5.10 Å². The Morgan fingerprint density at radius 3 is 2.83 bits per heavy atom. The first-order valence-corrected chi connectivity index (χ1v) is 6.56. The SMILES string of the molecule is CCCCCC(=O)C=CSc1n[nH]c(=O)[nH]c1=O. The molecule has 0 radical (unpaired) electrons. The molecule has 0 saturated carbocycles. The van der Waals surface area contributed by atoms with Crippen LogP contribution in [0.4, 0.5) is 0 Å². The van der Waals surface area contributed by atoms with Gasteiger partial charge in [-0.3, -0.25) is 14.6 Å². The van der Waals surface area contributed by atoms with E-state index in [9.17, 15) is 14.4 Å². The van der Waals surface area contributed by atoms with Crippen LogP contribution in [0.3, 0.4) is 0 Å². The van der Waals surface area contributed by atoms with Crippen molar-refractivity contribution in [3.05, 3.63) is 32.3 Å². The molecule has 7 heteroatoms. The highest BCUT2D eigenvalue weighted by Crippen LogP contribution is 2.10. The van der Waals surface area contributed by atoms with E-state index < -0.39 is 11.2 Å². The van der Waals surface area contributed by atoms with E-state index in [-0.39, 0.29) is 10.8 Å². The Morgan fingerprint density at radius 1 is 1.39 bits per heavy atom. The molecule has 0 aliphatic carbocycles. The molecule has 2 N–H and O–H groups in total. The number of ketones is 1. The highest BCUT2D eigenvalue weighted by Gasteiger charge is 2.01. The minimum atomic E-state index is -0.649. The molecule has 1 heterocycles. The molecule has 0 saturated heterocycles. The molecule has 0 aromatic carbocycles. The van der Waals surface area contributed by atoms with E-state index in [0.29, 0.717) is 6.42 Å². The summed E-state index contributed by atoms with van der Waals surface area (Å²) < 4.78 is 0. The lowest BCUT2D eigenvalue weighted by Gasteiger charge is -1.94. The Morgan fingerprint density at radius 2 is 2.17 bits per heavy atom. The number of thioether (sulfide) groups is 1. The topological polar surface area (TPSA) is 95.7 Å². The zero-order chi connectivity index (χ0) is 13.4. The van der Waals surface area contributed by atoms with Crippen molar-refractivity contribution in [2.75, 3.05) is 0 Å². The molecule has 0 aliphatic heterocycles. The molecular formula is C11H15N3O3S. The van der Waals surface area contributed by atoms with Gasteiger partial charge in [-0.1, -0.05) is 31.5 Å². The van der Waals surface area contributed by atoms with E-state index in [4.69, 9.17) is 0 Å². The number of unbranched alkanes of at least 4 members (excludes halogenated alkanes) is 2. The molecule has 1 rings (SSSR count). The first-order chi connectivity index (χ1) is 8.63. The molecule has 6 nitrogen and oxygen atoms in total. The van der Waals surface area contributed by atoms with Gasteiger partial charge in [0.1, 0.15) is 0 Å². The number of hydrogen-bond donors (Lipinski definition) is 2. The predicted molar refractivity (Wildman–Crippen MR) is 69.6 cm³/mol. The van der Waals surface area contributed by atoms with E-state index in [2.05, 4.69) is 17.1 Å². The Balaban J connectivity index is 2.47. The minimum Gasteiger partial charge on any atom is -0.295 e. The number of carbonyl (C=O) groups is 1. The fraction of sp³-hybridized carbons (Fsp3) is 0.455. The first-order valence-electron chi connectivity index (χ1n) is 5.68. The third kappa shape index (κ3) is 5.13. The van der Waals surface area contributed by atoms with Crippen molar-refractivity contribution in [2.45, 2.75) is 37.6 Å². The van der Waals surface area contributed by atoms with Crippen LogP contribution in [0, 0.1) is 0 Å². The molecular weight excluding hydrogens is 254 g/mol. The number of aromatic amines is 2. The highest BCUT2D eigenvalue weighted by molar-refractivity contribution is 8.02. The molecule has 0 spiro atoms. The fourth-order valence-electron chi connectivity index (χ4n) is 1.22. The highest BCUT2D eigenvalue weighted by atomic mass is 32.2. The average Bonchev–Trinajstić information content (AvgIpc) is 2.32. The van der Waals surface area contributed by atoms with Crippen LogP contribution < -0.4 is 11.2 Å². The molecule has 0 atom stereocenters. The first kappa shape index (κ1) is 14.4. The minimum absolute atomic E-state index is 0.0248. The largest absolute Gasteiger partial charge is 0.342 e. The molecule has 0 bridgehead atoms. The summed E-state index contributed by atoms with van der Waals surface area (Å²) in [6, 6.07) is 0. The number of allylic oxidation sites excluding steroid dienone is 1. The van der Waals surface area contributed by atoms with E-state index in [1.54, 1.807) is 0 Å². The second-order valence-corrected chi connectivity index (χ2v) is 4.55. The third-order valence-corrected chi connectivity index (χ3v) is 2.91. The van der Waals surface area contributed by atoms with Crippen LogP contribution in [0.5, 0.6) is 0 Å². The Kier molecular flexibility index (Phi) is 6.13. The van der Waals surface area contributed by atoms with Crippen LogP contribution in [-0.4, -0.2) is 21.0 Å². The monoisotopic (exact) mass is 269 g/mol. The van der Waals surface area contributed by atoms with Gasteiger partial charge in [0.05, 0.1) is 0 Å². The Hall–Kier alpha value is -1.63. The quantitative estimate of drug-likeness (QED) is 0.440. The standard InChI is InChI=1S/C11H15N3O3S/c1-2-3-4-5-8(15)6-7-18-10-9(16)12-11(17)14-13-10/h6-7H,2-5H2,1H3,(H2,12,14,16,17). The van der Waals surface area contributed by atoms with Gasteiger partial charge in [-0.25, -0.2) is 9.89 Å². The van der Waals surface area contributed by atoms with Crippen LogP contribution in [0.15, 0.2) is 26.1 Å². The number of rotatable bonds is 7. The number of H-pyrrole nitrogens is 2. The van der Waals surface area contributed by atoms with Crippen molar-refractivity contribution < 1.29 is 4.79 Å². The Labute approximate surface area is 108 Å². The molecule has 1 aromatic heterocycles. The van der Waals surface area contributed by atoms with Crippen LogP contribution in [-0.2, 0) is 4.79 Å². The van der Waals surface area contributed by atoms with Gasteiger partial charge in [-0.15, -0.1) is 0 Å². The van der Waals surface area contributed by atoms with Gasteiger partial charge in [-0.05, 0) is 17.9 Å². The maximum Gasteiger partial charge on any atom is 0.342 e. The zero-order valence-electron chi connectivity index (χ0n) is 10.1. The molecule has 18 heavy (non-hydrogen) atoms. The summed E-state index contributed by atoms with van der Waals surface area (Å²) in [5.74, 6) is 0.0248. The second kappa shape index (κ2) is 7.65. The molecule has 1 aromatic rings. The Bertz CT molecular complexity index is 533. The fourth-order valence-corrected chi connectivity index (χ4v) is 1.83. The maximum atomic E-state index is 11.4. The number of nitrogens with one attached hydrogen (secondary N) is 2. The maximum absolute atomic E-state index is 11.4. The number of carbonyl (C=O) groups excluding carboxylic acids is 1. The normalized spacial score (nSPS) is 10.9. The summed E-state index contributed by atoms with van der Waals surface area (Å²) in [7, 11) is 0. The van der Waals surface area contributed by atoms with Crippen molar-refractivity contribution in [1.29, 1.82) is 0 Å². The lowest BCUT2D eigenvalue weighted by molar-refractivity contribution is -0.114. The average molecular weight is 269 g/mol. The summed E-state index contributed by atoms with van der Waals surface area (Å²) >= 11 is 0.997. The van der Waals surface area contributed by atoms with E-state index in [0.717, 1.165) is 31.0 Å². The van der Waals surface area contributed by atoms with Gasteiger partial charge >= 0.3 is 5.69 Å². The van der Waals surface area contributed by atoms with E-state index in [1.165, 1.54) is 11.5 Å². The van der Waals surface area contributed by atoms with Crippen LogP contribution in [0.2, 0.25) is 0 Å². The predicted octanol–water partition coefficient (Wildman–Crippen LogP) is 1.21. The van der Waals surface area contributed by atoms with Crippen LogP contribution in [0.1, 0.15) is 32.6 Å². The second-order valence-electron chi connectivity index (χ2n) is 3.66. The zero-order valence-corrected chi connectivity index (χ0v) is 10.9. The molecule has 0 unspecified atom stereocenters. The summed E-state index contributed by atoms with van der Waals surface area (Å²) in [5, 5.41) is 7.30. The van der Waals surface area contributed by atoms with Crippen LogP contribution >= 0.6 is 11.8 Å². The van der Waals surface area contributed by atoms with Gasteiger partial charge in [0.25, 0.3) is 5.56 Å². The molecule has 0 aliphatic rings. The van der Waals surface area contributed by atoms with Crippen molar-refractivity contribution >= 4 is 17.5 Å². The van der Waals surface area contributed by atoms with Crippen molar-refractivity contribution in [3.63, 3.8) is 0 Å². The van der Waals surface area contributed by atoms with Crippen LogP contribution in [0.25, 0.3) is 0 Å². The van der Waals surface area contributed by atoms with Gasteiger partial charge < -0.3 is 0 Å². The third-order valence-electron chi connectivity index (χ3n) is 2.14. The summed E-state index contributed by atoms with van der Waals surface area (Å²) in [6.07, 6.45) is 4.92. The lowest BCUT2D eigenvalue weighted by atomic mass is 10.1. The smallest absolute Gasteiger partial charge is 0.295 e. The molecule has 98 valence electrons. The summed E-state index contributed by atoms with van der Waals surface area (Å²) in [4.78, 5) is 35.4. The van der Waals surface area contributed by atoms with E-state index >= 15 is 0 Å². The number of hydrogen-bond acceptors (Lipinski definition) is 5. The van der Waals surface area contributed by atoms with Gasteiger partial charge in [0, 0.05) is 6.42 Å². The lowest BCUT2D eigenvalue weighted by Crippen LogP contribution is -2.24. The van der Waals surface area contributed by atoms with Crippen molar-refractivity contribution in [3.8, 4) is 0 Å². The number of aromatic nitrogens is 3. The summed E-state index contributed by atoms with van der Waals surface area (Å²) in [5.41, 5.74) is -1.21. The molecule has 0 fully saturated rings. The van der Waals surface area contributed by atoms with Gasteiger partial charge in [0.15, 0.2) is 10.8 Å². The van der Waals surface area contributed by atoms with Crippen molar-refractivity contribution in [1.82, 2.24) is 15.2 Å². The van der Waals surface area contributed by atoms with Crippen molar-refractivity contribution in [2.24, 2.45) is 0 Å². The van der Waals surface area contributed by atoms with Gasteiger partial charge in [0.2, 0.25) is 0 Å². The summed E-state index contributed by atoms with van der Waals surface area (Å²) in [6.45, 7) is 2.07. The number of nitrogens with zero attached hydrogens (tertiary/aromatic N) is 1. The molecule has 0 amide bonds. The van der Waals surface area contributed by atoms with E-state index in [1.807, 2.05) is 4.98 Å².